The van der Waals surface area contributed by atoms with E-state index in [9.17, 15) is 4.79 Å². The van der Waals surface area contributed by atoms with Gasteiger partial charge >= 0.3 is 6.09 Å². The van der Waals surface area contributed by atoms with E-state index in [0.29, 0.717) is 24.7 Å². The van der Waals surface area contributed by atoms with E-state index in [1.807, 2.05) is 48.5 Å². The van der Waals surface area contributed by atoms with Crippen LogP contribution >= 0.6 is 12.4 Å². The molecule has 2 aromatic carbocycles. The van der Waals surface area contributed by atoms with Crippen LogP contribution in [0, 0.1) is 0 Å². The average molecular weight is 336 g/mol. The highest BCUT2D eigenvalue weighted by atomic mass is 35.5. The molecule has 1 aliphatic heterocycles. The number of rotatable bonds is 5. The van der Waals surface area contributed by atoms with Crippen LogP contribution in [0.5, 0.6) is 11.5 Å². The summed E-state index contributed by atoms with van der Waals surface area (Å²) in [5.74, 6) is 1.30. The van der Waals surface area contributed by atoms with Crippen molar-refractivity contribution in [3.05, 3.63) is 59.7 Å². The van der Waals surface area contributed by atoms with Crippen molar-refractivity contribution in [1.82, 2.24) is 5.32 Å². The summed E-state index contributed by atoms with van der Waals surface area (Å²) >= 11 is 0. The fourth-order valence-electron chi connectivity index (χ4n) is 2.32. The standard InChI is InChI=1S/C17H17NO4.ClH/c1-20-16-9-13(14-11-22-17(19)18-14)7-8-15(16)21-10-12-5-3-2-4-6-12;/h2-9,14H,10-11H2,1H3,(H,18,19);1H/t14-;/m0./s1. The lowest BCUT2D eigenvalue weighted by molar-refractivity contribution is 0.177. The minimum absolute atomic E-state index is 0. The lowest BCUT2D eigenvalue weighted by atomic mass is 10.1. The Kier molecular flexibility index (Phi) is 5.71. The maximum absolute atomic E-state index is 11.1. The third-order valence-corrected chi connectivity index (χ3v) is 3.50. The Labute approximate surface area is 141 Å². The van der Waals surface area contributed by atoms with Gasteiger partial charge in [0.2, 0.25) is 0 Å². The molecule has 1 N–H and O–H groups in total. The number of ether oxygens (including phenoxy) is 3. The molecule has 0 saturated carbocycles. The Bertz CT molecular complexity index is 663. The van der Waals surface area contributed by atoms with Crippen molar-refractivity contribution >= 4 is 18.5 Å². The number of nitrogens with one attached hydrogen (secondary N) is 1. The second kappa shape index (κ2) is 7.74. The number of carbonyl (C=O) groups is 1. The van der Waals surface area contributed by atoms with Crippen LogP contribution in [0.3, 0.4) is 0 Å². The number of hydrogen-bond donors (Lipinski definition) is 1. The van der Waals surface area contributed by atoms with E-state index < -0.39 is 6.09 Å². The zero-order valence-electron chi connectivity index (χ0n) is 12.7. The van der Waals surface area contributed by atoms with Gasteiger partial charge in [0.1, 0.15) is 13.2 Å². The Morgan fingerprint density at radius 3 is 2.61 bits per heavy atom. The number of hydrogen-bond acceptors (Lipinski definition) is 4. The normalized spacial score (nSPS) is 16.0. The second-order valence-electron chi connectivity index (χ2n) is 4.98. The van der Waals surface area contributed by atoms with Crippen LogP contribution in [0.15, 0.2) is 48.5 Å². The molecule has 1 heterocycles. The number of alkyl carbamates (subject to hydrolysis) is 1. The molecule has 5 nitrogen and oxygen atoms in total. The van der Waals surface area contributed by atoms with E-state index in [0.717, 1.165) is 11.1 Å². The van der Waals surface area contributed by atoms with Crippen molar-refractivity contribution < 1.29 is 19.0 Å². The summed E-state index contributed by atoms with van der Waals surface area (Å²) in [5, 5.41) is 2.74. The number of benzene rings is 2. The number of halogens is 1. The second-order valence-corrected chi connectivity index (χ2v) is 4.98. The molecule has 1 atom stereocenters. The minimum Gasteiger partial charge on any atom is -0.493 e. The molecule has 1 amide bonds. The van der Waals surface area contributed by atoms with E-state index in [1.54, 1.807) is 7.11 Å². The van der Waals surface area contributed by atoms with Gasteiger partial charge in [-0.3, -0.25) is 0 Å². The number of methoxy groups -OCH3 is 1. The van der Waals surface area contributed by atoms with Crippen LogP contribution < -0.4 is 14.8 Å². The van der Waals surface area contributed by atoms with Gasteiger partial charge in [0.05, 0.1) is 13.2 Å². The summed E-state index contributed by atoms with van der Waals surface area (Å²) in [7, 11) is 1.60. The first-order chi connectivity index (χ1) is 10.8. The summed E-state index contributed by atoms with van der Waals surface area (Å²) in [4.78, 5) is 11.1. The van der Waals surface area contributed by atoms with E-state index >= 15 is 0 Å². The highest BCUT2D eigenvalue weighted by Gasteiger charge is 2.24. The predicted octanol–water partition coefficient (Wildman–Crippen LogP) is 3.48. The van der Waals surface area contributed by atoms with Gasteiger partial charge in [0.15, 0.2) is 11.5 Å². The third kappa shape index (κ3) is 4.07. The molecule has 0 aliphatic carbocycles. The topological polar surface area (TPSA) is 56.8 Å². The quantitative estimate of drug-likeness (QED) is 0.909. The molecule has 0 bridgehead atoms. The number of cyclic esters (lactones) is 1. The smallest absolute Gasteiger partial charge is 0.407 e. The molecule has 0 unspecified atom stereocenters. The van der Waals surface area contributed by atoms with Crippen LogP contribution in [0.1, 0.15) is 17.2 Å². The SMILES string of the molecule is COc1cc([C@@H]2COC(=O)N2)ccc1OCc1ccccc1.Cl. The first-order valence-corrected chi connectivity index (χ1v) is 7.04. The predicted molar refractivity (Wildman–Crippen MR) is 88.2 cm³/mol. The van der Waals surface area contributed by atoms with Gasteiger partial charge in [0.25, 0.3) is 0 Å². The van der Waals surface area contributed by atoms with Gasteiger partial charge in [-0.15, -0.1) is 12.4 Å². The van der Waals surface area contributed by atoms with Gasteiger partial charge in [-0.2, -0.15) is 0 Å². The van der Waals surface area contributed by atoms with Crippen LogP contribution in [-0.4, -0.2) is 19.8 Å². The molecule has 6 heteroatoms. The summed E-state index contributed by atoms with van der Waals surface area (Å²) in [5.41, 5.74) is 2.01. The number of amides is 1. The molecule has 0 radical (unpaired) electrons. The van der Waals surface area contributed by atoms with Crippen molar-refractivity contribution in [3.8, 4) is 11.5 Å². The molecule has 1 fully saturated rings. The summed E-state index contributed by atoms with van der Waals surface area (Å²) in [6.45, 7) is 0.798. The van der Waals surface area contributed by atoms with Crippen molar-refractivity contribution in [3.63, 3.8) is 0 Å². The molecule has 2 aromatic rings. The minimum atomic E-state index is -0.395. The fourth-order valence-corrected chi connectivity index (χ4v) is 2.32. The van der Waals surface area contributed by atoms with Gasteiger partial charge in [-0.25, -0.2) is 4.79 Å². The highest BCUT2D eigenvalue weighted by molar-refractivity contribution is 5.85. The lowest BCUT2D eigenvalue weighted by Crippen LogP contribution is -2.18. The molecular weight excluding hydrogens is 318 g/mol. The zero-order valence-corrected chi connectivity index (χ0v) is 13.5. The summed E-state index contributed by atoms with van der Waals surface area (Å²) < 4.78 is 16.1. The Morgan fingerprint density at radius 1 is 1.17 bits per heavy atom. The van der Waals surface area contributed by atoms with Gasteiger partial charge in [-0.1, -0.05) is 36.4 Å². The van der Waals surface area contributed by atoms with E-state index in [1.165, 1.54) is 0 Å². The Balaban J connectivity index is 0.00000192. The average Bonchev–Trinajstić information content (AvgIpc) is 3.00. The highest BCUT2D eigenvalue weighted by Crippen LogP contribution is 2.32. The van der Waals surface area contributed by atoms with Gasteiger partial charge in [0, 0.05) is 0 Å². The molecule has 3 rings (SSSR count). The molecule has 1 saturated heterocycles. The van der Waals surface area contributed by atoms with Crippen molar-refractivity contribution in [2.24, 2.45) is 0 Å². The summed E-state index contributed by atoms with van der Waals surface area (Å²) in [6, 6.07) is 15.4. The fraction of sp³-hybridized carbons (Fsp3) is 0.235. The van der Waals surface area contributed by atoms with Crippen LogP contribution in [0.4, 0.5) is 4.79 Å². The maximum Gasteiger partial charge on any atom is 0.407 e. The van der Waals surface area contributed by atoms with Gasteiger partial charge in [-0.05, 0) is 23.3 Å². The first-order valence-electron chi connectivity index (χ1n) is 7.04. The van der Waals surface area contributed by atoms with E-state index in [2.05, 4.69) is 5.32 Å². The van der Waals surface area contributed by atoms with Crippen LogP contribution in [-0.2, 0) is 11.3 Å². The Hall–Kier alpha value is -2.40. The Morgan fingerprint density at radius 2 is 1.96 bits per heavy atom. The summed E-state index contributed by atoms with van der Waals surface area (Å²) in [6.07, 6.45) is -0.395. The molecule has 1 aliphatic rings. The maximum atomic E-state index is 11.1. The molecule has 0 spiro atoms. The van der Waals surface area contributed by atoms with E-state index in [-0.39, 0.29) is 18.4 Å². The molecule has 122 valence electrons. The largest absolute Gasteiger partial charge is 0.493 e. The molecular formula is C17H18ClNO4. The van der Waals surface area contributed by atoms with Crippen LogP contribution in [0.25, 0.3) is 0 Å². The first kappa shape index (κ1) is 17.0. The molecule has 0 aromatic heterocycles. The van der Waals surface area contributed by atoms with E-state index in [4.69, 9.17) is 14.2 Å². The lowest BCUT2D eigenvalue weighted by Gasteiger charge is -2.14. The zero-order chi connectivity index (χ0) is 15.4. The third-order valence-electron chi connectivity index (χ3n) is 3.50. The van der Waals surface area contributed by atoms with Crippen molar-refractivity contribution in [2.75, 3.05) is 13.7 Å². The van der Waals surface area contributed by atoms with Crippen molar-refractivity contribution in [2.45, 2.75) is 12.6 Å². The molecule has 23 heavy (non-hydrogen) atoms. The van der Waals surface area contributed by atoms with Crippen LogP contribution in [0.2, 0.25) is 0 Å². The van der Waals surface area contributed by atoms with Gasteiger partial charge < -0.3 is 19.5 Å². The monoisotopic (exact) mass is 335 g/mol. The number of carbonyl (C=O) groups excluding carboxylic acids is 1. The van der Waals surface area contributed by atoms with Crippen molar-refractivity contribution in [1.29, 1.82) is 0 Å².